The number of nitrogens with zero attached hydrogens (tertiary/aromatic N) is 1. The Hall–Kier alpha value is -2.09. The van der Waals surface area contributed by atoms with Crippen LogP contribution < -0.4 is 0 Å². The second-order valence-electron chi connectivity index (χ2n) is 4.35. The van der Waals surface area contributed by atoms with Crippen molar-refractivity contribution < 1.29 is 4.79 Å². The molecule has 0 spiro atoms. The molecule has 0 aliphatic rings. The summed E-state index contributed by atoms with van der Waals surface area (Å²) in [6, 6.07) is 18.6. The first-order chi connectivity index (χ1) is 9.26. The van der Waals surface area contributed by atoms with E-state index in [9.17, 15) is 4.79 Å². The molecule has 0 saturated heterocycles. The van der Waals surface area contributed by atoms with Crippen molar-refractivity contribution in [1.82, 2.24) is 4.90 Å². The Morgan fingerprint density at radius 1 is 1.05 bits per heavy atom. The lowest BCUT2D eigenvalue weighted by molar-refractivity contribution is 0.0773. The Kier molecular flexibility index (Phi) is 4.35. The van der Waals surface area contributed by atoms with E-state index < -0.39 is 0 Å². The van der Waals surface area contributed by atoms with Crippen LogP contribution in [-0.2, 0) is 0 Å². The van der Waals surface area contributed by atoms with E-state index in [2.05, 4.69) is 6.07 Å². The highest BCUT2D eigenvalue weighted by molar-refractivity contribution is 5.95. The van der Waals surface area contributed by atoms with Crippen LogP contribution in [0.25, 0.3) is 11.1 Å². The van der Waals surface area contributed by atoms with Gasteiger partial charge in [-0.1, -0.05) is 36.4 Å². The Morgan fingerprint density at radius 2 is 1.74 bits per heavy atom. The van der Waals surface area contributed by atoms with E-state index >= 15 is 0 Å². The number of hydrogen-bond acceptors (Lipinski definition) is 1. The van der Waals surface area contributed by atoms with Crippen molar-refractivity contribution in [3.05, 3.63) is 60.2 Å². The van der Waals surface area contributed by atoms with Gasteiger partial charge in [-0.25, -0.2) is 0 Å². The Labute approximate surface area is 114 Å². The smallest absolute Gasteiger partial charge is 0.253 e. The molecule has 2 nitrogen and oxygen atoms in total. The average molecular weight is 252 g/mol. The molecule has 0 atom stereocenters. The van der Waals surface area contributed by atoms with Crippen LogP contribution in [0.4, 0.5) is 0 Å². The summed E-state index contributed by atoms with van der Waals surface area (Å²) in [6.45, 7) is 5.47. The van der Waals surface area contributed by atoms with Gasteiger partial charge in [0.2, 0.25) is 0 Å². The quantitative estimate of drug-likeness (QED) is 0.813. The minimum absolute atomic E-state index is 0.0920. The van der Waals surface area contributed by atoms with Crippen molar-refractivity contribution >= 4 is 5.91 Å². The molecule has 0 aromatic heterocycles. The summed E-state index contributed by atoms with van der Waals surface area (Å²) in [4.78, 5) is 14.1. The van der Waals surface area contributed by atoms with Gasteiger partial charge in [-0.2, -0.15) is 0 Å². The molecule has 0 unspecified atom stereocenters. The maximum atomic E-state index is 12.3. The monoisotopic (exact) mass is 252 g/mol. The molecular formula is C17H18NO. The zero-order valence-corrected chi connectivity index (χ0v) is 11.4. The molecule has 2 aromatic rings. The van der Waals surface area contributed by atoms with Crippen LogP contribution >= 0.6 is 0 Å². The minimum atomic E-state index is 0.0920. The van der Waals surface area contributed by atoms with Gasteiger partial charge in [-0.15, -0.1) is 0 Å². The third kappa shape index (κ3) is 3.02. The number of hydrogen-bond donors (Lipinski definition) is 0. The van der Waals surface area contributed by atoms with Gasteiger partial charge in [0.25, 0.3) is 5.91 Å². The molecule has 2 heteroatoms. The molecular weight excluding hydrogens is 234 g/mol. The highest BCUT2D eigenvalue weighted by Gasteiger charge is 2.12. The van der Waals surface area contributed by atoms with Crippen molar-refractivity contribution in [3.63, 3.8) is 0 Å². The fraction of sp³-hybridized carbons (Fsp3) is 0.235. The Balaban J connectivity index is 2.32. The third-order valence-electron chi connectivity index (χ3n) is 3.21. The highest BCUT2D eigenvalue weighted by Crippen LogP contribution is 2.20. The van der Waals surface area contributed by atoms with Crippen LogP contribution in [0.1, 0.15) is 24.2 Å². The van der Waals surface area contributed by atoms with Crippen LogP contribution in [0.15, 0.2) is 48.5 Å². The van der Waals surface area contributed by atoms with E-state index in [1.807, 2.05) is 67.3 Å². The first kappa shape index (κ1) is 13.3. The molecule has 0 heterocycles. The molecule has 1 amide bonds. The number of carbonyl (C=O) groups is 1. The van der Waals surface area contributed by atoms with Gasteiger partial charge < -0.3 is 4.90 Å². The predicted octanol–water partition coefficient (Wildman–Crippen LogP) is 3.64. The number of carbonyl (C=O) groups excluding carboxylic acids is 1. The average Bonchev–Trinajstić information content (AvgIpc) is 2.49. The van der Waals surface area contributed by atoms with Crippen LogP contribution in [0.5, 0.6) is 0 Å². The molecule has 97 valence electrons. The summed E-state index contributed by atoms with van der Waals surface area (Å²) >= 11 is 0. The van der Waals surface area contributed by atoms with Crippen LogP contribution in [-0.4, -0.2) is 23.9 Å². The molecule has 0 fully saturated rings. The minimum Gasteiger partial charge on any atom is -0.339 e. The normalized spacial score (nSPS) is 10.2. The van der Waals surface area contributed by atoms with E-state index in [4.69, 9.17) is 0 Å². The number of amides is 1. The van der Waals surface area contributed by atoms with Gasteiger partial charge in [-0.3, -0.25) is 4.79 Å². The standard InChI is InChI=1S/C17H18NO/c1-3-18(4-2)17(19)16-12-8-11-15(13-16)14-9-6-5-7-10-14/h6-13H,3-4H2,1-2H3. The number of rotatable bonds is 4. The maximum Gasteiger partial charge on any atom is 0.253 e. The summed E-state index contributed by atoms with van der Waals surface area (Å²) in [5.74, 6) is 0.0920. The summed E-state index contributed by atoms with van der Waals surface area (Å²) in [5, 5.41) is 0. The lowest BCUT2D eigenvalue weighted by atomic mass is 10.0. The third-order valence-corrected chi connectivity index (χ3v) is 3.21. The largest absolute Gasteiger partial charge is 0.339 e. The molecule has 1 radical (unpaired) electrons. The number of benzene rings is 2. The van der Waals surface area contributed by atoms with E-state index in [0.717, 1.165) is 29.8 Å². The molecule has 0 saturated carbocycles. The molecule has 0 aliphatic heterocycles. The molecule has 19 heavy (non-hydrogen) atoms. The summed E-state index contributed by atoms with van der Waals surface area (Å²) in [6.07, 6.45) is 0. The van der Waals surface area contributed by atoms with Gasteiger partial charge in [0.05, 0.1) is 0 Å². The maximum absolute atomic E-state index is 12.3. The van der Waals surface area contributed by atoms with Crippen LogP contribution in [0.3, 0.4) is 0 Å². The Bertz CT molecular complexity index is 544. The summed E-state index contributed by atoms with van der Waals surface area (Å²) in [7, 11) is 0. The van der Waals surface area contributed by atoms with E-state index in [-0.39, 0.29) is 5.91 Å². The first-order valence-corrected chi connectivity index (χ1v) is 6.62. The van der Waals surface area contributed by atoms with Crippen LogP contribution in [0.2, 0.25) is 0 Å². The van der Waals surface area contributed by atoms with Crippen molar-refractivity contribution in [3.8, 4) is 11.1 Å². The molecule has 0 N–H and O–H groups in total. The molecule has 2 rings (SSSR count). The van der Waals surface area contributed by atoms with Crippen molar-refractivity contribution in [1.29, 1.82) is 0 Å². The van der Waals surface area contributed by atoms with Gasteiger partial charge in [0, 0.05) is 18.7 Å². The van der Waals surface area contributed by atoms with Crippen molar-refractivity contribution in [2.75, 3.05) is 13.1 Å². The van der Waals surface area contributed by atoms with Gasteiger partial charge in [-0.05, 0) is 43.2 Å². The van der Waals surface area contributed by atoms with Crippen LogP contribution in [0, 0.1) is 6.07 Å². The Morgan fingerprint density at radius 3 is 2.37 bits per heavy atom. The highest BCUT2D eigenvalue weighted by atomic mass is 16.2. The SMILES string of the molecule is CCN(CC)C(=O)c1cccc(-c2cc[c]cc2)c1. The van der Waals surface area contributed by atoms with Gasteiger partial charge in [0.1, 0.15) is 0 Å². The van der Waals surface area contributed by atoms with E-state index in [1.165, 1.54) is 0 Å². The van der Waals surface area contributed by atoms with Crippen molar-refractivity contribution in [2.24, 2.45) is 0 Å². The zero-order valence-electron chi connectivity index (χ0n) is 11.4. The predicted molar refractivity (Wildman–Crippen MR) is 78.0 cm³/mol. The fourth-order valence-corrected chi connectivity index (χ4v) is 2.10. The molecule has 2 aromatic carbocycles. The summed E-state index contributed by atoms with van der Waals surface area (Å²) in [5.41, 5.74) is 2.91. The lowest BCUT2D eigenvalue weighted by Gasteiger charge is -2.18. The van der Waals surface area contributed by atoms with Crippen molar-refractivity contribution in [2.45, 2.75) is 13.8 Å². The molecule has 0 aliphatic carbocycles. The topological polar surface area (TPSA) is 20.3 Å². The van der Waals surface area contributed by atoms with E-state index in [1.54, 1.807) is 0 Å². The van der Waals surface area contributed by atoms with Gasteiger partial charge in [0.15, 0.2) is 0 Å². The first-order valence-electron chi connectivity index (χ1n) is 6.62. The second-order valence-corrected chi connectivity index (χ2v) is 4.35. The van der Waals surface area contributed by atoms with E-state index in [0.29, 0.717) is 0 Å². The molecule has 0 bridgehead atoms. The lowest BCUT2D eigenvalue weighted by Crippen LogP contribution is -2.30. The fourth-order valence-electron chi connectivity index (χ4n) is 2.10. The zero-order chi connectivity index (χ0) is 13.7. The summed E-state index contributed by atoms with van der Waals surface area (Å²) < 4.78 is 0. The van der Waals surface area contributed by atoms with Gasteiger partial charge >= 0.3 is 0 Å². The second kappa shape index (κ2) is 6.19.